The molecular weight excluding hydrogens is 310 g/mol. The van der Waals surface area contributed by atoms with Crippen LogP contribution in [0.1, 0.15) is 11.3 Å². The third kappa shape index (κ3) is 2.64. The van der Waals surface area contributed by atoms with Crippen molar-refractivity contribution in [1.29, 1.82) is 0 Å². The second-order valence-corrected chi connectivity index (χ2v) is 6.01. The van der Waals surface area contributed by atoms with Crippen molar-refractivity contribution >= 4 is 33.8 Å². The molecule has 0 saturated heterocycles. The molecule has 3 heterocycles. The number of nitrogens with zero attached hydrogens (tertiary/aromatic N) is 3. The summed E-state index contributed by atoms with van der Waals surface area (Å²) in [4.78, 5) is 7.70. The highest BCUT2D eigenvalue weighted by atomic mass is 35.5. The van der Waals surface area contributed by atoms with Crippen LogP contribution in [0.25, 0.3) is 16.4 Å². The van der Waals surface area contributed by atoms with Gasteiger partial charge >= 0.3 is 0 Å². The molecule has 0 saturated carbocycles. The predicted molar refractivity (Wildman–Crippen MR) is 93.2 cm³/mol. The first-order chi connectivity index (χ1) is 11.2. The number of benzene rings is 1. The van der Waals surface area contributed by atoms with Gasteiger partial charge in [0, 0.05) is 41.1 Å². The topological polar surface area (TPSA) is 58.0 Å². The number of nitrogens with one attached hydrogen (secondary N) is 2. The van der Waals surface area contributed by atoms with E-state index in [1.165, 1.54) is 10.9 Å². The first kappa shape index (κ1) is 14.1. The molecule has 0 aliphatic carbocycles. The molecule has 0 fully saturated rings. The summed E-state index contributed by atoms with van der Waals surface area (Å²) in [5.74, 6) is 0.853. The predicted octanol–water partition coefficient (Wildman–Crippen LogP) is 3.83. The third-order valence-corrected chi connectivity index (χ3v) is 4.16. The molecule has 0 aliphatic rings. The summed E-state index contributed by atoms with van der Waals surface area (Å²) in [7, 11) is 0. The summed E-state index contributed by atoms with van der Waals surface area (Å²) >= 11 is 6.10. The first-order valence-corrected chi connectivity index (χ1v) is 7.89. The van der Waals surface area contributed by atoms with Crippen LogP contribution in [-0.2, 0) is 6.42 Å². The van der Waals surface area contributed by atoms with Gasteiger partial charge in [-0.15, -0.1) is 0 Å². The van der Waals surface area contributed by atoms with Crippen LogP contribution in [0.2, 0.25) is 5.02 Å². The van der Waals surface area contributed by atoms with Gasteiger partial charge in [0.25, 0.3) is 0 Å². The van der Waals surface area contributed by atoms with Gasteiger partial charge < -0.3 is 10.3 Å². The summed E-state index contributed by atoms with van der Waals surface area (Å²) in [5, 5.41) is 9.73. The van der Waals surface area contributed by atoms with Crippen molar-refractivity contribution in [3.8, 4) is 0 Å². The molecule has 1 aromatic carbocycles. The molecule has 0 amide bonds. The number of rotatable bonds is 4. The van der Waals surface area contributed by atoms with Crippen molar-refractivity contribution in [2.75, 3.05) is 11.9 Å². The zero-order chi connectivity index (χ0) is 15.8. The molecule has 6 heteroatoms. The van der Waals surface area contributed by atoms with Crippen molar-refractivity contribution in [3.05, 3.63) is 59.1 Å². The van der Waals surface area contributed by atoms with Gasteiger partial charge in [-0.25, -0.2) is 9.50 Å². The average Bonchev–Trinajstić information content (AvgIpc) is 3.10. The van der Waals surface area contributed by atoms with Gasteiger partial charge in [-0.1, -0.05) is 11.6 Å². The number of aromatic nitrogens is 4. The minimum atomic E-state index is 0.757. The van der Waals surface area contributed by atoms with Crippen LogP contribution in [-0.4, -0.2) is 26.1 Å². The van der Waals surface area contributed by atoms with Crippen molar-refractivity contribution in [2.24, 2.45) is 0 Å². The number of hydrogen-bond acceptors (Lipinski definition) is 3. The molecule has 0 aliphatic heterocycles. The molecule has 0 radical (unpaired) electrons. The highest BCUT2D eigenvalue weighted by Gasteiger charge is 2.07. The zero-order valence-electron chi connectivity index (χ0n) is 12.7. The number of halogens is 1. The molecule has 0 spiro atoms. The third-order valence-electron chi connectivity index (χ3n) is 3.93. The largest absolute Gasteiger partial charge is 0.368 e. The molecule has 4 aromatic rings. The van der Waals surface area contributed by atoms with E-state index in [0.717, 1.165) is 40.5 Å². The minimum absolute atomic E-state index is 0.757. The van der Waals surface area contributed by atoms with Crippen molar-refractivity contribution in [2.45, 2.75) is 13.3 Å². The highest BCUT2D eigenvalue weighted by Crippen LogP contribution is 2.23. The highest BCUT2D eigenvalue weighted by molar-refractivity contribution is 6.31. The Labute approximate surface area is 138 Å². The van der Waals surface area contributed by atoms with Crippen LogP contribution in [0, 0.1) is 6.92 Å². The van der Waals surface area contributed by atoms with E-state index in [1.807, 2.05) is 48.1 Å². The summed E-state index contributed by atoms with van der Waals surface area (Å²) in [5.41, 5.74) is 4.32. The molecule has 5 nitrogen and oxygen atoms in total. The van der Waals surface area contributed by atoms with Gasteiger partial charge in [0.15, 0.2) is 5.82 Å². The molecule has 0 unspecified atom stereocenters. The summed E-state index contributed by atoms with van der Waals surface area (Å²) in [6.07, 6.45) is 6.54. The van der Waals surface area contributed by atoms with E-state index in [4.69, 9.17) is 11.6 Å². The smallest absolute Gasteiger partial charge is 0.152 e. The van der Waals surface area contributed by atoms with Crippen LogP contribution in [0.4, 0.5) is 5.82 Å². The van der Waals surface area contributed by atoms with E-state index in [1.54, 1.807) is 6.20 Å². The zero-order valence-corrected chi connectivity index (χ0v) is 13.4. The van der Waals surface area contributed by atoms with Crippen LogP contribution < -0.4 is 5.32 Å². The van der Waals surface area contributed by atoms with Gasteiger partial charge in [0.2, 0.25) is 0 Å². The monoisotopic (exact) mass is 325 g/mol. The molecular formula is C17H16ClN5. The Morgan fingerprint density at radius 3 is 3.13 bits per heavy atom. The molecule has 0 bridgehead atoms. The molecule has 116 valence electrons. The summed E-state index contributed by atoms with van der Waals surface area (Å²) < 4.78 is 1.84. The maximum atomic E-state index is 6.10. The van der Waals surface area contributed by atoms with Crippen molar-refractivity contribution in [1.82, 2.24) is 19.6 Å². The molecule has 0 atom stereocenters. The lowest BCUT2D eigenvalue weighted by Crippen LogP contribution is -2.07. The average molecular weight is 326 g/mol. The fraction of sp³-hybridized carbons (Fsp3) is 0.176. The normalized spacial score (nSPS) is 11.4. The Kier molecular flexibility index (Phi) is 3.42. The maximum Gasteiger partial charge on any atom is 0.152 e. The Balaban J connectivity index is 1.53. The lowest BCUT2D eigenvalue weighted by atomic mass is 10.1. The fourth-order valence-electron chi connectivity index (χ4n) is 2.85. The first-order valence-electron chi connectivity index (χ1n) is 7.51. The second kappa shape index (κ2) is 5.59. The molecule has 23 heavy (non-hydrogen) atoms. The van der Waals surface area contributed by atoms with Gasteiger partial charge in [0.1, 0.15) is 5.52 Å². The Hall–Kier alpha value is -2.53. The molecule has 4 rings (SSSR count). The standard InChI is InChI=1S/C17H16ClN5/c1-11-8-16-17(20-6-7-23(16)22-11)19-5-4-12-10-21-15-3-2-13(18)9-14(12)15/h2-3,6-10,21H,4-5H2,1H3,(H,19,20). The Bertz CT molecular complexity index is 985. The van der Waals surface area contributed by atoms with E-state index in [-0.39, 0.29) is 0 Å². The Morgan fingerprint density at radius 2 is 2.22 bits per heavy atom. The van der Waals surface area contributed by atoms with E-state index >= 15 is 0 Å². The Morgan fingerprint density at radius 1 is 1.30 bits per heavy atom. The lowest BCUT2D eigenvalue weighted by molar-refractivity contribution is 0.917. The van der Waals surface area contributed by atoms with Crippen LogP contribution >= 0.6 is 11.6 Å². The van der Waals surface area contributed by atoms with E-state index < -0.39 is 0 Å². The van der Waals surface area contributed by atoms with Gasteiger partial charge in [-0.3, -0.25) is 0 Å². The molecule has 3 aromatic heterocycles. The van der Waals surface area contributed by atoms with E-state index in [2.05, 4.69) is 20.4 Å². The van der Waals surface area contributed by atoms with Gasteiger partial charge in [0.05, 0.1) is 5.69 Å². The number of H-pyrrole nitrogens is 1. The maximum absolute atomic E-state index is 6.10. The molecule has 2 N–H and O–H groups in total. The fourth-order valence-corrected chi connectivity index (χ4v) is 3.03. The van der Waals surface area contributed by atoms with Crippen LogP contribution in [0.3, 0.4) is 0 Å². The minimum Gasteiger partial charge on any atom is -0.368 e. The van der Waals surface area contributed by atoms with Crippen molar-refractivity contribution in [3.63, 3.8) is 0 Å². The number of aryl methyl sites for hydroxylation is 1. The van der Waals surface area contributed by atoms with Crippen LogP contribution in [0.15, 0.2) is 42.9 Å². The quantitative estimate of drug-likeness (QED) is 0.599. The van der Waals surface area contributed by atoms with E-state index in [9.17, 15) is 0 Å². The van der Waals surface area contributed by atoms with Crippen LogP contribution in [0.5, 0.6) is 0 Å². The number of aromatic amines is 1. The van der Waals surface area contributed by atoms with Gasteiger partial charge in [-0.2, -0.15) is 5.10 Å². The summed E-state index contributed by atoms with van der Waals surface area (Å²) in [6.45, 7) is 2.77. The van der Waals surface area contributed by atoms with Crippen molar-refractivity contribution < 1.29 is 0 Å². The SMILES string of the molecule is Cc1cc2c(NCCc3c[nH]c4ccc(Cl)cc34)nccn2n1. The number of fused-ring (bicyclic) bond motifs is 2. The lowest BCUT2D eigenvalue weighted by Gasteiger charge is -2.06. The second-order valence-electron chi connectivity index (χ2n) is 5.57. The number of anilines is 1. The van der Waals surface area contributed by atoms with E-state index in [0.29, 0.717) is 0 Å². The van der Waals surface area contributed by atoms with Gasteiger partial charge in [-0.05, 0) is 43.2 Å². The number of hydrogen-bond donors (Lipinski definition) is 2. The summed E-state index contributed by atoms with van der Waals surface area (Å²) in [6, 6.07) is 7.93.